The van der Waals surface area contributed by atoms with Gasteiger partial charge in [0.05, 0.1) is 47.5 Å². The van der Waals surface area contributed by atoms with Crippen molar-refractivity contribution < 1.29 is 18.4 Å². The first-order valence-corrected chi connectivity index (χ1v) is 15.5. The van der Waals surface area contributed by atoms with Crippen molar-refractivity contribution in [3.63, 3.8) is 0 Å². The maximum absolute atomic E-state index is 14.2. The van der Waals surface area contributed by atoms with Gasteiger partial charge in [-0.1, -0.05) is 54.8 Å². The fourth-order valence-electron chi connectivity index (χ4n) is 6.27. The Bertz CT molecular complexity index is 2000. The molecule has 0 saturated carbocycles. The van der Waals surface area contributed by atoms with E-state index in [1.807, 2.05) is 6.92 Å². The highest BCUT2D eigenvalue weighted by Crippen LogP contribution is 2.45. The van der Waals surface area contributed by atoms with Gasteiger partial charge in [-0.2, -0.15) is 13.9 Å². The number of hydrogen-bond donors (Lipinski definition) is 2. The molecule has 4 atom stereocenters. The Morgan fingerprint density at radius 2 is 1.94 bits per heavy atom. The van der Waals surface area contributed by atoms with Gasteiger partial charge < -0.3 is 11.1 Å². The van der Waals surface area contributed by atoms with Crippen molar-refractivity contribution in [3.8, 4) is 16.9 Å². The Hall–Kier alpha value is -4.69. The van der Waals surface area contributed by atoms with Crippen molar-refractivity contribution in [1.82, 2.24) is 34.3 Å². The molecule has 2 bridgehead atoms. The Morgan fingerprint density at radius 1 is 1.15 bits per heavy atom. The third-order valence-corrected chi connectivity index (χ3v) is 9.10. The zero-order valence-electron chi connectivity index (χ0n) is 25.1. The molecule has 1 aliphatic carbocycles. The second-order valence-electron chi connectivity index (χ2n) is 11.6. The molecule has 0 saturated heterocycles. The van der Waals surface area contributed by atoms with Crippen molar-refractivity contribution in [2.24, 2.45) is 17.6 Å². The number of aromatic nitrogens is 7. The first-order chi connectivity index (χ1) is 22.4. The Kier molecular flexibility index (Phi) is 8.81. The number of carbonyl (C=O) groups is 2. The summed E-state index contributed by atoms with van der Waals surface area (Å²) in [7, 11) is 0. The van der Waals surface area contributed by atoms with Crippen LogP contribution in [0.1, 0.15) is 57.3 Å². The summed E-state index contributed by atoms with van der Waals surface area (Å²) in [5.74, 6) is -2.95. The monoisotopic (exact) mass is 683 g/mol. The van der Waals surface area contributed by atoms with Gasteiger partial charge in [0.25, 0.3) is 5.56 Å². The minimum absolute atomic E-state index is 0.0271. The average molecular weight is 685 g/mol. The molecule has 0 spiro atoms. The van der Waals surface area contributed by atoms with Crippen molar-refractivity contribution >= 4 is 40.7 Å². The van der Waals surface area contributed by atoms with Gasteiger partial charge in [-0.3, -0.25) is 19.0 Å². The number of anilines is 1. The summed E-state index contributed by atoms with van der Waals surface area (Å²) < 4.78 is 31.9. The van der Waals surface area contributed by atoms with Crippen molar-refractivity contribution in [1.29, 1.82) is 0 Å². The number of nitrogens with zero attached hydrogens (tertiary/aromatic N) is 7. The molecule has 1 aliphatic heterocycles. The summed E-state index contributed by atoms with van der Waals surface area (Å²) in [6.45, 7) is 0.539. The molecule has 3 aromatic heterocycles. The lowest BCUT2D eigenvalue weighted by Gasteiger charge is -2.35. The van der Waals surface area contributed by atoms with Gasteiger partial charge in [0.1, 0.15) is 0 Å². The standard InChI is InChI=1S/C31H29Cl2F2N9O3/c1-15-4-3-5-24(42-14-37-22(11-27(42)45)21-10-18(32)6-7-25(21)43-13-26(33)40-41-43)19-8-17(29(36)46)9-20(16(19)2)28-23(39-30(15)47)12-38-44(28)31(34)35/h6-16,20,24,31H,3-5H2,1-2H3,(H2,36,46)(H,39,47)/t15-,16?,20?,24+/m1/s1. The minimum Gasteiger partial charge on any atom is -0.366 e. The molecule has 47 heavy (non-hydrogen) atoms. The number of halogens is 4. The number of alkyl halides is 2. The molecule has 4 aromatic rings. The summed E-state index contributed by atoms with van der Waals surface area (Å²) in [4.78, 5) is 44.3. The van der Waals surface area contributed by atoms with E-state index in [0.29, 0.717) is 51.5 Å². The van der Waals surface area contributed by atoms with Crippen LogP contribution in [0.2, 0.25) is 10.2 Å². The van der Waals surface area contributed by atoms with Gasteiger partial charge in [-0.25, -0.2) is 14.3 Å². The van der Waals surface area contributed by atoms with Crippen molar-refractivity contribution in [2.45, 2.75) is 51.6 Å². The van der Waals surface area contributed by atoms with E-state index in [-0.39, 0.29) is 28.0 Å². The van der Waals surface area contributed by atoms with Crippen LogP contribution in [0, 0.1) is 11.8 Å². The van der Waals surface area contributed by atoms with Crippen LogP contribution in [0.3, 0.4) is 0 Å². The molecule has 1 aromatic carbocycles. The largest absolute Gasteiger partial charge is 0.366 e. The number of primary amides is 1. The van der Waals surface area contributed by atoms with E-state index in [0.717, 1.165) is 0 Å². The third kappa shape index (κ3) is 6.22. The zero-order valence-corrected chi connectivity index (χ0v) is 26.7. The number of carbonyl (C=O) groups excluding carboxylic acids is 2. The fraction of sp³-hybridized carbons (Fsp3) is 0.323. The molecule has 2 unspecified atom stereocenters. The second kappa shape index (κ2) is 12.8. The number of fused-ring (bicyclic) bond motifs is 4. The first-order valence-electron chi connectivity index (χ1n) is 14.8. The average Bonchev–Trinajstić information content (AvgIpc) is 3.65. The van der Waals surface area contributed by atoms with Crippen LogP contribution in [-0.4, -0.2) is 46.1 Å². The number of hydrogen-bond acceptors (Lipinski definition) is 7. The summed E-state index contributed by atoms with van der Waals surface area (Å²) >= 11 is 12.3. The van der Waals surface area contributed by atoms with Gasteiger partial charge in [0.15, 0.2) is 5.15 Å². The van der Waals surface area contributed by atoms with E-state index in [9.17, 15) is 23.2 Å². The van der Waals surface area contributed by atoms with Crippen molar-refractivity contribution in [3.05, 3.63) is 92.5 Å². The van der Waals surface area contributed by atoms with Crippen LogP contribution < -0.4 is 16.6 Å². The topological polar surface area (TPSA) is 156 Å². The SMILES string of the molecule is CC1C2=CC(C(N)=O)=CC1c1c(cnn1C(F)F)NC(=O)[C@H](C)CCC[C@@H]2n1cnc(-c2cc(Cl)ccc2-n2cc(Cl)nn2)cc1=O. The fourth-order valence-corrected chi connectivity index (χ4v) is 6.56. The summed E-state index contributed by atoms with van der Waals surface area (Å²) in [5.41, 5.74) is 7.51. The molecule has 3 N–H and O–H groups in total. The van der Waals surface area contributed by atoms with Gasteiger partial charge in [0.2, 0.25) is 11.8 Å². The van der Waals surface area contributed by atoms with E-state index in [4.69, 9.17) is 28.9 Å². The molecule has 16 heteroatoms. The molecule has 2 aliphatic rings. The third-order valence-electron chi connectivity index (χ3n) is 8.69. The van der Waals surface area contributed by atoms with Crippen LogP contribution in [0.5, 0.6) is 0 Å². The van der Waals surface area contributed by atoms with E-state index in [1.54, 1.807) is 31.2 Å². The van der Waals surface area contributed by atoms with Crippen LogP contribution >= 0.6 is 23.2 Å². The lowest BCUT2D eigenvalue weighted by Crippen LogP contribution is -2.33. The normalized spacial score (nSPS) is 21.6. The summed E-state index contributed by atoms with van der Waals surface area (Å²) in [6, 6.07) is 5.71. The highest BCUT2D eigenvalue weighted by molar-refractivity contribution is 6.31. The van der Waals surface area contributed by atoms with E-state index in [1.165, 1.54) is 40.1 Å². The maximum Gasteiger partial charge on any atom is 0.333 e. The molecule has 2 amide bonds. The van der Waals surface area contributed by atoms with Gasteiger partial charge in [-0.05, 0) is 48.6 Å². The molecule has 0 fully saturated rings. The predicted molar refractivity (Wildman–Crippen MR) is 170 cm³/mol. The maximum atomic E-state index is 14.2. The minimum atomic E-state index is -3.02. The first kappa shape index (κ1) is 32.3. The number of benzene rings is 1. The van der Waals surface area contributed by atoms with Crippen LogP contribution in [-0.2, 0) is 9.59 Å². The Morgan fingerprint density at radius 3 is 2.62 bits per heavy atom. The van der Waals surface area contributed by atoms with Crippen LogP contribution in [0.4, 0.5) is 14.5 Å². The van der Waals surface area contributed by atoms with Crippen LogP contribution in [0.15, 0.2) is 71.1 Å². The number of rotatable bonds is 5. The van der Waals surface area contributed by atoms with E-state index in [2.05, 4.69) is 25.7 Å². The molecule has 6 rings (SSSR count). The highest BCUT2D eigenvalue weighted by Gasteiger charge is 2.37. The molecule has 4 heterocycles. The zero-order chi connectivity index (χ0) is 33.6. The van der Waals surface area contributed by atoms with Gasteiger partial charge in [-0.15, -0.1) is 5.10 Å². The summed E-state index contributed by atoms with van der Waals surface area (Å²) in [6.07, 6.45) is 8.57. The molecule has 244 valence electrons. The van der Waals surface area contributed by atoms with E-state index < -0.39 is 41.8 Å². The number of nitrogens with two attached hydrogens (primary N) is 1. The predicted octanol–water partition coefficient (Wildman–Crippen LogP) is 5.46. The molecular formula is C31H29Cl2F2N9O3. The van der Waals surface area contributed by atoms with E-state index >= 15 is 0 Å². The molecule has 12 nitrogen and oxygen atoms in total. The smallest absolute Gasteiger partial charge is 0.333 e. The lowest BCUT2D eigenvalue weighted by molar-refractivity contribution is -0.119. The Labute approximate surface area is 276 Å². The lowest BCUT2D eigenvalue weighted by atomic mass is 9.74. The van der Waals surface area contributed by atoms with Crippen molar-refractivity contribution in [2.75, 3.05) is 5.32 Å². The number of amides is 2. The quantitative estimate of drug-likeness (QED) is 0.283. The van der Waals surface area contributed by atoms with Crippen LogP contribution in [0.25, 0.3) is 16.9 Å². The van der Waals surface area contributed by atoms with Gasteiger partial charge >= 0.3 is 6.55 Å². The number of allylic oxidation sites excluding steroid dienone is 2. The molecule has 0 radical (unpaired) electrons. The second-order valence-corrected chi connectivity index (χ2v) is 12.4. The summed E-state index contributed by atoms with van der Waals surface area (Å²) in [5, 5.41) is 15.0. The molecular weight excluding hydrogens is 655 g/mol. The number of nitrogens with one attached hydrogen (secondary N) is 1. The Balaban J connectivity index is 1.48. The van der Waals surface area contributed by atoms with Gasteiger partial charge in [0, 0.05) is 34.1 Å². The highest BCUT2D eigenvalue weighted by atomic mass is 35.5.